The number of nitrogens with zero attached hydrogens (tertiary/aromatic N) is 7. The van der Waals surface area contributed by atoms with Gasteiger partial charge in [0.1, 0.15) is 5.75 Å². The molecule has 2 N–H and O–H groups in total. The Bertz CT molecular complexity index is 1720. The van der Waals surface area contributed by atoms with Gasteiger partial charge in [-0.2, -0.15) is 5.10 Å². The van der Waals surface area contributed by atoms with E-state index >= 15 is 0 Å². The van der Waals surface area contributed by atoms with Crippen molar-refractivity contribution in [2.75, 3.05) is 50.6 Å². The Hall–Kier alpha value is -5.06. The van der Waals surface area contributed by atoms with Crippen molar-refractivity contribution in [1.29, 1.82) is 5.41 Å². The lowest BCUT2D eigenvalue weighted by Gasteiger charge is -2.35. The lowest BCUT2D eigenvalue weighted by atomic mass is 9.91. The number of aryl methyl sites for hydroxylation is 3. The van der Waals surface area contributed by atoms with E-state index in [9.17, 15) is 4.79 Å². The van der Waals surface area contributed by atoms with Crippen molar-refractivity contribution in [2.24, 2.45) is 12.0 Å². The highest BCUT2D eigenvalue weighted by molar-refractivity contribution is 5.90. The first kappa shape index (κ1) is 29.0. The van der Waals surface area contributed by atoms with E-state index < -0.39 is 0 Å². The minimum atomic E-state index is -0.153. The van der Waals surface area contributed by atoms with Crippen molar-refractivity contribution >= 4 is 35.7 Å². The predicted molar refractivity (Wildman–Crippen MR) is 174 cm³/mol. The summed E-state index contributed by atoms with van der Waals surface area (Å²) in [6.07, 6.45) is 6.72. The summed E-state index contributed by atoms with van der Waals surface area (Å²) in [5.74, 6) is 1.14. The van der Waals surface area contributed by atoms with Gasteiger partial charge < -0.3 is 25.3 Å². The first-order valence-electron chi connectivity index (χ1n) is 14.8. The average molecular weight is 592 g/mol. The van der Waals surface area contributed by atoms with Crippen LogP contribution in [0.25, 0.3) is 22.5 Å². The molecule has 1 fully saturated rings. The van der Waals surface area contributed by atoms with Gasteiger partial charge in [0.05, 0.1) is 35.8 Å². The second-order valence-electron chi connectivity index (χ2n) is 11.1. The number of carbonyl (C=O) groups excluding carboxylic acids is 1. The predicted octanol–water partition coefficient (Wildman–Crippen LogP) is 4.50. The van der Waals surface area contributed by atoms with Crippen LogP contribution < -0.4 is 15.0 Å². The minimum Gasteiger partial charge on any atom is -0.494 e. The van der Waals surface area contributed by atoms with Gasteiger partial charge in [-0.1, -0.05) is 24.3 Å². The lowest BCUT2D eigenvalue weighted by molar-refractivity contribution is -0.129. The van der Waals surface area contributed by atoms with E-state index in [1.807, 2.05) is 47.1 Å². The quantitative estimate of drug-likeness (QED) is 0.289. The standard InChI is InChI=1S/C33H37N9O2/c1-21(43)41-13-15-42(16-14-41)26-10-12-27(29(17-26)44-4)37-33-36-20-24-9-11-28-30(31(24)38-33)32(40(3)39-28)23-7-5-22(6-8-23)25(18-34)19-35-2/h5-8,10,12,17-20,25,34H,9,11,13-16H2,1-4H3,(H,36,37,38). The first-order chi connectivity index (χ1) is 21.4. The van der Waals surface area contributed by atoms with E-state index in [-0.39, 0.29) is 11.8 Å². The number of carbonyl (C=O) groups is 1. The second-order valence-corrected chi connectivity index (χ2v) is 11.1. The number of anilines is 3. The molecule has 11 nitrogen and oxygen atoms in total. The Morgan fingerprint density at radius 1 is 1.11 bits per heavy atom. The molecule has 4 aromatic rings. The molecule has 226 valence electrons. The fourth-order valence-electron chi connectivity index (χ4n) is 6.08. The van der Waals surface area contributed by atoms with Crippen LogP contribution in [0.3, 0.4) is 0 Å². The molecule has 3 heterocycles. The number of nitrogens with one attached hydrogen (secondary N) is 2. The minimum absolute atomic E-state index is 0.116. The molecule has 2 aliphatic rings. The number of hydrogen-bond acceptors (Lipinski definition) is 9. The zero-order chi connectivity index (χ0) is 30.8. The number of amides is 1. The molecule has 44 heavy (non-hydrogen) atoms. The number of methoxy groups -OCH3 is 1. The molecule has 0 bridgehead atoms. The summed E-state index contributed by atoms with van der Waals surface area (Å²) in [7, 11) is 5.35. The van der Waals surface area contributed by atoms with Gasteiger partial charge >= 0.3 is 0 Å². The maximum Gasteiger partial charge on any atom is 0.227 e. The van der Waals surface area contributed by atoms with Crippen molar-refractivity contribution in [1.82, 2.24) is 24.6 Å². The van der Waals surface area contributed by atoms with E-state index in [1.54, 1.807) is 27.3 Å². The largest absolute Gasteiger partial charge is 0.494 e. The molecule has 1 saturated heterocycles. The van der Waals surface area contributed by atoms with Crippen molar-refractivity contribution in [3.63, 3.8) is 0 Å². The van der Waals surface area contributed by atoms with Gasteiger partial charge in [-0.3, -0.25) is 14.5 Å². The zero-order valence-electron chi connectivity index (χ0n) is 25.5. The lowest BCUT2D eigenvalue weighted by Crippen LogP contribution is -2.48. The topological polar surface area (TPSA) is 125 Å². The highest BCUT2D eigenvalue weighted by atomic mass is 16.5. The monoisotopic (exact) mass is 591 g/mol. The molecule has 6 rings (SSSR count). The highest BCUT2D eigenvalue weighted by Gasteiger charge is 2.27. The van der Waals surface area contributed by atoms with Crippen LogP contribution in [-0.2, 0) is 24.7 Å². The summed E-state index contributed by atoms with van der Waals surface area (Å²) in [5, 5.41) is 16.0. The Labute approximate surface area is 257 Å². The van der Waals surface area contributed by atoms with Gasteiger partial charge in [0, 0.05) is 88.7 Å². The van der Waals surface area contributed by atoms with E-state index in [1.165, 1.54) is 6.21 Å². The Morgan fingerprint density at radius 3 is 2.57 bits per heavy atom. The molecule has 2 aromatic heterocycles. The van der Waals surface area contributed by atoms with Crippen LogP contribution in [0.2, 0.25) is 0 Å². The van der Waals surface area contributed by atoms with Crippen LogP contribution in [0.4, 0.5) is 17.3 Å². The Morgan fingerprint density at radius 2 is 1.89 bits per heavy atom. The van der Waals surface area contributed by atoms with Crippen molar-refractivity contribution in [2.45, 2.75) is 25.7 Å². The summed E-state index contributed by atoms with van der Waals surface area (Å²) in [6.45, 7) is 4.59. The number of rotatable bonds is 8. The molecule has 0 radical (unpaired) electrons. The maximum absolute atomic E-state index is 11.7. The number of fused-ring (bicyclic) bond motifs is 3. The molecule has 1 aliphatic heterocycles. The molecular weight excluding hydrogens is 554 g/mol. The average Bonchev–Trinajstić information content (AvgIpc) is 3.40. The van der Waals surface area contributed by atoms with Crippen LogP contribution in [0, 0.1) is 5.41 Å². The van der Waals surface area contributed by atoms with Gasteiger partial charge in [-0.25, -0.2) is 9.97 Å². The van der Waals surface area contributed by atoms with Crippen molar-refractivity contribution in [3.8, 4) is 28.3 Å². The van der Waals surface area contributed by atoms with E-state index in [4.69, 9.17) is 20.2 Å². The molecule has 2 aromatic carbocycles. The molecular formula is C33H37N9O2. The third-order valence-corrected chi connectivity index (χ3v) is 8.43. The molecule has 11 heteroatoms. The normalized spacial score (nSPS) is 15.1. The molecule has 0 saturated carbocycles. The molecule has 1 unspecified atom stereocenters. The van der Waals surface area contributed by atoms with Crippen LogP contribution in [-0.4, -0.2) is 83.3 Å². The molecule has 0 spiro atoms. The fourth-order valence-corrected chi connectivity index (χ4v) is 6.08. The number of benzene rings is 2. The number of aliphatic imine (C=N–C) groups is 1. The van der Waals surface area contributed by atoms with E-state index in [0.717, 1.165) is 76.6 Å². The second kappa shape index (κ2) is 12.3. The Kier molecular flexibility index (Phi) is 8.10. The van der Waals surface area contributed by atoms with Gasteiger partial charge in [0.25, 0.3) is 0 Å². The van der Waals surface area contributed by atoms with Crippen molar-refractivity contribution < 1.29 is 9.53 Å². The summed E-state index contributed by atoms with van der Waals surface area (Å²) in [6, 6.07) is 14.3. The van der Waals surface area contributed by atoms with Crippen LogP contribution >= 0.6 is 0 Å². The first-order valence-corrected chi connectivity index (χ1v) is 14.8. The van der Waals surface area contributed by atoms with E-state index in [2.05, 4.69) is 38.4 Å². The summed E-state index contributed by atoms with van der Waals surface area (Å²) in [4.78, 5) is 29.6. The number of piperazine rings is 1. The van der Waals surface area contributed by atoms with Crippen LogP contribution in [0.15, 0.2) is 53.7 Å². The number of hydrogen-bond donors (Lipinski definition) is 2. The fraction of sp³-hybridized carbons (Fsp3) is 0.333. The van der Waals surface area contributed by atoms with E-state index in [0.29, 0.717) is 24.8 Å². The maximum atomic E-state index is 11.7. The highest BCUT2D eigenvalue weighted by Crippen LogP contribution is 2.40. The van der Waals surface area contributed by atoms with Gasteiger partial charge in [-0.15, -0.1) is 0 Å². The SMILES string of the molecule is CN=CC(C=N)c1ccc(-c2c3c(nn2C)CCc2cnc(Nc4ccc(N5CCN(C(C)=O)CC5)cc4OC)nc2-3)cc1. The van der Waals surface area contributed by atoms with Crippen LogP contribution in [0.5, 0.6) is 5.75 Å². The summed E-state index contributed by atoms with van der Waals surface area (Å²) < 4.78 is 7.70. The molecule has 1 amide bonds. The molecule has 1 aliphatic carbocycles. The third-order valence-electron chi connectivity index (χ3n) is 8.43. The van der Waals surface area contributed by atoms with Gasteiger partial charge in [-0.05, 0) is 36.1 Å². The van der Waals surface area contributed by atoms with Crippen molar-refractivity contribution in [3.05, 3.63) is 65.5 Å². The summed E-state index contributed by atoms with van der Waals surface area (Å²) in [5.41, 5.74) is 8.87. The molecule has 1 atom stereocenters. The zero-order valence-corrected chi connectivity index (χ0v) is 25.5. The number of ether oxygens (including phenoxy) is 1. The summed E-state index contributed by atoms with van der Waals surface area (Å²) >= 11 is 0. The van der Waals surface area contributed by atoms with Gasteiger partial charge in [0.15, 0.2) is 0 Å². The van der Waals surface area contributed by atoms with Crippen LogP contribution in [0.1, 0.15) is 29.7 Å². The Balaban J connectivity index is 1.28. The smallest absolute Gasteiger partial charge is 0.227 e. The van der Waals surface area contributed by atoms with Gasteiger partial charge in [0.2, 0.25) is 11.9 Å². The number of aromatic nitrogens is 4. The third kappa shape index (κ3) is 5.52.